The lowest BCUT2D eigenvalue weighted by Gasteiger charge is -2.51. The average molecular weight is 359 g/mol. The summed E-state index contributed by atoms with van der Waals surface area (Å²) < 4.78 is 15.9. The minimum atomic E-state index is -1.65. The number of amides is 1. The van der Waals surface area contributed by atoms with Gasteiger partial charge in [0.1, 0.15) is 11.2 Å². The first kappa shape index (κ1) is 19.9. The summed E-state index contributed by atoms with van der Waals surface area (Å²) in [4.78, 5) is 26.0. The maximum Gasteiger partial charge on any atom is 0.410 e. The highest BCUT2D eigenvalue weighted by Gasteiger charge is 2.54. The van der Waals surface area contributed by atoms with E-state index in [9.17, 15) is 19.8 Å². The summed E-state index contributed by atoms with van der Waals surface area (Å²) in [5.74, 6) is -0.855. The summed E-state index contributed by atoms with van der Waals surface area (Å²) in [5.41, 5.74) is -2.24. The Morgan fingerprint density at radius 2 is 1.84 bits per heavy atom. The molecule has 0 aliphatic carbocycles. The maximum atomic E-state index is 12.6. The van der Waals surface area contributed by atoms with E-state index < -0.39 is 41.5 Å². The number of piperidine rings is 1. The summed E-state index contributed by atoms with van der Waals surface area (Å²) in [6.45, 7) is 7.79. The summed E-state index contributed by atoms with van der Waals surface area (Å²) in [6, 6.07) is -0.941. The fourth-order valence-electron chi connectivity index (χ4n) is 3.34. The van der Waals surface area contributed by atoms with Gasteiger partial charge >= 0.3 is 12.1 Å². The van der Waals surface area contributed by atoms with E-state index in [1.54, 1.807) is 11.8 Å². The van der Waals surface area contributed by atoms with Crippen LogP contribution in [0.4, 0.5) is 4.79 Å². The van der Waals surface area contributed by atoms with Gasteiger partial charge in [0.15, 0.2) is 6.10 Å². The number of hydrogen-bond donors (Lipinski definition) is 2. The molecule has 2 aliphatic heterocycles. The van der Waals surface area contributed by atoms with Crippen LogP contribution in [0.2, 0.25) is 0 Å². The van der Waals surface area contributed by atoms with Gasteiger partial charge in [-0.25, -0.2) is 9.59 Å². The van der Waals surface area contributed by atoms with E-state index in [4.69, 9.17) is 14.2 Å². The van der Waals surface area contributed by atoms with Gasteiger partial charge in [0.2, 0.25) is 0 Å². The molecule has 0 aromatic rings. The molecule has 2 fully saturated rings. The number of rotatable bonds is 5. The van der Waals surface area contributed by atoms with Gasteiger partial charge in [-0.2, -0.15) is 0 Å². The number of fused-ring (bicyclic) bond motifs is 2. The van der Waals surface area contributed by atoms with Gasteiger partial charge in [0.25, 0.3) is 0 Å². The molecule has 0 spiro atoms. The first-order chi connectivity index (χ1) is 11.6. The molecule has 144 valence electrons. The van der Waals surface area contributed by atoms with E-state index in [1.807, 2.05) is 20.8 Å². The van der Waals surface area contributed by atoms with Gasteiger partial charge in [0, 0.05) is 12.8 Å². The van der Waals surface area contributed by atoms with Gasteiger partial charge in [-0.3, -0.25) is 4.90 Å². The van der Waals surface area contributed by atoms with Crippen molar-refractivity contribution in [3.05, 3.63) is 0 Å². The molecule has 2 N–H and O–H groups in total. The Kier molecular flexibility index (Phi) is 5.96. The maximum absolute atomic E-state index is 12.6. The summed E-state index contributed by atoms with van der Waals surface area (Å²) in [6.07, 6.45) is -1.40. The molecule has 2 aliphatic rings. The first-order valence-electron chi connectivity index (χ1n) is 8.79. The van der Waals surface area contributed by atoms with Crippen molar-refractivity contribution >= 4 is 12.1 Å². The van der Waals surface area contributed by atoms with Crippen LogP contribution in [0.3, 0.4) is 0 Å². The predicted octanol–water partition coefficient (Wildman–Crippen LogP) is 0.830. The van der Waals surface area contributed by atoms with Crippen molar-refractivity contribution in [1.82, 2.24) is 4.90 Å². The lowest BCUT2D eigenvalue weighted by molar-refractivity contribution is -0.193. The highest BCUT2D eigenvalue weighted by atomic mass is 16.6. The molecule has 25 heavy (non-hydrogen) atoms. The Balaban J connectivity index is 2.14. The van der Waals surface area contributed by atoms with Gasteiger partial charge < -0.3 is 24.4 Å². The zero-order chi connectivity index (χ0) is 18.8. The number of aliphatic hydroxyl groups is 2. The number of carbonyl (C=O) groups is 2. The predicted molar refractivity (Wildman–Crippen MR) is 87.9 cm³/mol. The van der Waals surface area contributed by atoms with Gasteiger partial charge in [-0.05, 0) is 27.2 Å². The number of nitrogens with zero attached hydrogens (tertiary/aromatic N) is 1. The van der Waals surface area contributed by atoms with E-state index in [2.05, 4.69) is 0 Å². The number of carbonyl (C=O) groups excluding carboxylic acids is 2. The van der Waals surface area contributed by atoms with Crippen LogP contribution in [0.1, 0.15) is 47.0 Å². The molecule has 2 rings (SSSR count). The third-order valence-corrected chi connectivity index (χ3v) is 5.03. The van der Waals surface area contributed by atoms with Crippen LogP contribution in [-0.2, 0) is 19.0 Å². The van der Waals surface area contributed by atoms with E-state index in [1.165, 1.54) is 0 Å². The monoisotopic (exact) mass is 359 g/mol. The lowest BCUT2D eigenvalue weighted by Crippen LogP contribution is -2.67. The van der Waals surface area contributed by atoms with Crippen molar-refractivity contribution < 1.29 is 34.0 Å². The second kappa shape index (κ2) is 7.47. The third-order valence-electron chi connectivity index (χ3n) is 5.03. The van der Waals surface area contributed by atoms with Crippen molar-refractivity contribution in [3.8, 4) is 0 Å². The summed E-state index contributed by atoms with van der Waals surface area (Å²) in [5, 5.41) is 21.1. The Morgan fingerprint density at radius 1 is 1.28 bits per heavy atom. The minimum absolute atomic E-state index is 0.0190. The van der Waals surface area contributed by atoms with Crippen LogP contribution in [0, 0.1) is 0 Å². The molecule has 1 amide bonds. The molecular formula is C17H29NO7. The van der Waals surface area contributed by atoms with Crippen LogP contribution in [0.15, 0.2) is 0 Å². The Labute approximate surface area is 148 Å². The molecule has 0 aromatic heterocycles. The second-order valence-corrected chi connectivity index (χ2v) is 7.40. The molecule has 3 atom stereocenters. The van der Waals surface area contributed by atoms with E-state index in [0.717, 1.165) is 0 Å². The largest absolute Gasteiger partial charge is 0.464 e. The highest BCUT2D eigenvalue weighted by Crippen LogP contribution is 2.38. The topological polar surface area (TPSA) is 106 Å². The van der Waals surface area contributed by atoms with Crippen LogP contribution >= 0.6 is 0 Å². The summed E-state index contributed by atoms with van der Waals surface area (Å²) >= 11 is 0. The van der Waals surface area contributed by atoms with Crippen molar-refractivity contribution in [3.63, 3.8) is 0 Å². The molecule has 8 nitrogen and oxygen atoms in total. The SMILES string of the molecule is CCOC(=O)C(O)C1(O)CC2COCC(C1)N2C(=O)OC(C)(C)CC. The molecule has 0 radical (unpaired) electrons. The minimum Gasteiger partial charge on any atom is -0.464 e. The number of aliphatic hydroxyl groups excluding tert-OH is 1. The molecule has 8 heteroatoms. The highest BCUT2D eigenvalue weighted by molar-refractivity contribution is 5.76. The molecule has 0 saturated carbocycles. The Bertz CT molecular complexity index is 493. The molecule has 0 aromatic carbocycles. The first-order valence-corrected chi connectivity index (χ1v) is 8.79. The van der Waals surface area contributed by atoms with Crippen LogP contribution in [-0.4, -0.2) is 76.4 Å². The van der Waals surface area contributed by atoms with Crippen molar-refractivity contribution in [2.75, 3.05) is 19.8 Å². The fraction of sp³-hybridized carbons (Fsp3) is 0.882. The second-order valence-electron chi connectivity index (χ2n) is 7.40. The van der Waals surface area contributed by atoms with Gasteiger partial charge in [-0.15, -0.1) is 0 Å². The molecule has 2 saturated heterocycles. The van der Waals surface area contributed by atoms with E-state index in [-0.39, 0.29) is 32.7 Å². The average Bonchev–Trinajstić information content (AvgIpc) is 2.53. The van der Waals surface area contributed by atoms with Crippen molar-refractivity contribution in [2.24, 2.45) is 0 Å². The number of morpholine rings is 1. The van der Waals surface area contributed by atoms with Crippen LogP contribution in [0.25, 0.3) is 0 Å². The Hall–Kier alpha value is -1.38. The zero-order valence-corrected chi connectivity index (χ0v) is 15.4. The quantitative estimate of drug-likeness (QED) is 0.700. The third kappa shape index (κ3) is 4.24. The Morgan fingerprint density at radius 3 is 2.32 bits per heavy atom. The normalized spacial score (nSPS) is 30.6. The van der Waals surface area contributed by atoms with Gasteiger partial charge in [0.05, 0.1) is 31.9 Å². The number of ether oxygens (including phenoxy) is 3. The van der Waals surface area contributed by atoms with Crippen molar-refractivity contribution in [2.45, 2.75) is 76.3 Å². The van der Waals surface area contributed by atoms with Gasteiger partial charge in [-0.1, -0.05) is 6.92 Å². The van der Waals surface area contributed by atoms with E-state index in [0.29, 0.717) is 6.42 Å². The fourth-order valence-corrected chi connectivity index (χ4v) is 3.34. The molecule has 2 heterocycles. The van der Waals surface area contributed by atoms with Crippen LogP contribution in [0.5, 0.6) is 0 Å². The smallest absolute Gasteiger partial charge is 0.410 e. The molecular weight excluding hydrogens is 330 g/mol. The number of esters is 1. The van der Waals surface area contributed by atoms with E-state index >= 15 is 0 Å². The summed E-state index contributed by atoms with van der Waals surface area (Å²) in [7, 11) is 0. The standard InChI is InChI=1S/C17H29NO7/c1-5-16(3,4)25-15(21)18-11-7-17(22,8-12(18)10-23-9-11)13(19)14(20)24-6-2/h11-13,19,22H,5-10H2,1-4H3. The lowest BCUT2D eigenvalue weighted by atomic mass is 9.78. The van der Waals surface area contributed by atoms with Crippen LogP contribution < -0.4 is 0 Å². The van der Waals surface area contributed by atoms with Crippen molar-refractivity contribution in [1.29, 1.82) is 0 Å². The number of hydrogen-bond acceptors (Lipinski definition) is 7. The zero-order valence-electron chi connectivity index (χ0n) is 15.4. The molecule has 3 unspecified atom stereocenters. The molecule has 2 bridgehead atoms.